The molecule has 4 aromatic rings. The number of nitro benzene ring substituents is 1. The number of furan rings is 1. The van der Waals surface area contributed by atoms with Crippen molar-refractivity contribution in [1.29, 1.82) is 0 Å². The summed E-state index contributed by atoms with van der Waals surface area (Å²) in [5.74, 6) is -1.45. The summed E-state index contributed by atoms with van der Waals surface area (Å²) < 4.78 is 38.2. The second kappa shape index (κ2) is 9.03. The first-order valence-electron chi connectivity index (χ1n) is 10.2. The van der Waals surface area contributed by atoms with Crippen LogP contribution in [0.25, 0.3) is 11.0 Å². The van der Waals surface area contributed by atoms with Crippen molar-refractivity contribution < 1.29 is 32.1 Å². The van der Waals surface area contributed by atoms with Crippen LogP contribution in [0.4, 0.5) is 11.4 Å². The molecule has 0 atom stereocenters. The molecule has 35 heavy (non-hydrogen) atoms. The van der Waals surface area contributed by atoms with Crippen molar-refractivity contribution >= 4 is 44.2 Å². The zero-order valence-corrected chi connectivity index (χ0v) is 19.3. The molecular formula is C24H18N2O8S. The third-order valence-corrected chi connectivity index (χ3v) is 6.97. The summed E-state index contributed by atoms with van der Waals surface area (Å²) >= 11 is 0. The number of rotatable bonds is 6. The minimum absolute atomic E-state index is 0.0872. The first kappa shape index (κ1) is 23.6. The summed E-state index contributed by atoms with van der Waals surface area (Å²) in [6, 6.07) is 16.1. The summed E-state index contributed by atoms with van der Waals surface area (Å²) in [7, 11) is -3.27. The molecule has 178 valence electrons. The van der Waals surface area contributed by atoms with Gasteiger partial charge in [-0.25, -0.2) is 13.2 Å². The molecule has 0 spiro atoms. The van der Waals surface area contributed by atoms with E-state index in [-0.39, 0.29) is 44.1 Å². The highest BCUT2D eigenvalue weighted by Gasteiger charge is 2.33. The van der Waals surface area contributed by atoms with E-state index < -0.39 is 26.8 Å². The van der Waals surface area contributed by atoms with Crippen LogP contribution in [0.15, 0.2) is 82.1 Å². The van der Waals surface area contributed by atoms with Gasteiger partial charge in [0.05, 0.1) is 22.6 Å². The molecule has 0 radical (unpaired) electrons. The minimum Gasteiger partial charge on any atom is -0.465 e. The normalized spacial score (nSPS) is 11.3. The number of amides is 1. The summed E-state index contributed by atoms with van der Waals surface area (Å²) in [6.07, 6.45) is 0. The fourth-order valence-electron chi connectivity index (χ4n) is 3.62. The topological polar surface area (TPSA) is 137 Å². The summed E-state index contributed by atoms with van der Waals surface area (Å²) in [5, 5.41) is 11.5. The van der Waals surface area contributed by atoms with Crippen molar-refractivity contribution in [2.24, 2.45) is 0 Å². The van der Waals surface area contributed by atoms with Gasteiger partial charge in [-0.15, -0.1) is 0 Å². The Hall–Kier alpha value is -4.51. The number of fused-ring (bicyclic) bond motifs is 1. The zero-order chi connectivity index (χ0) is 25.3. The van der Waals surface area contributed by atoms with Gasteiger partial charge in [-0.05, 0) is 43.3 Å². The van der Waals surface area contributed by atoms with Gasteiger partial charge < -0.3 is 9.15 Å². The second-order valence-corrected chi connectivity index (χ2v) is 9.19. The molecule has 0 aliphatic rings. The Morgan fingerprint density at radius 2 is 1.71 bits per heavy atom. The van der Waals surface area contributed by atoms with E-state index in [0.717, 1.165) is 6.07 Å². The monoisotopic (exact) mass is 494 g/mol. The summed E-state index contributed by atoms with van der Waals surface area (Å²) in [4.78, 5) is 36.3. The molecule has 10 nitrogen and oxygen atoms in total. The minimum atomic E-state index is -4.47. The van der Waals surface area contributed by atoms with E-state index in [1.54, 1.807) is 13.0 Å². The molecule has 0 bridgehead atoms. The Morgan fingerprint density at radius 1 is 1.00 bits per heavy atom. The van der Waals surface area contributed by atoms with Gasteiger partial charge >= 0.3 is 5.97 Å². The smallest absolute Gasteiger partial charge is 0.342 e. The first-order chi connectivity index (χ1) is 16.6. The maximum atomic E-state index is 13.6. The van der Waals surface area contributed by atoms with Gasteiger partial charge in [0.1, 0.15) is 16.9 Å². The van der Waals surface area contributed by atoms with Crippen molar-refractivity contribution in [2.45, 2.75) is 11.8 Å². The van der Waals surface area contributed by atoms with Crippen LogP contribution in [0.2, 0.25) is 0 Å². The van der Waals surface area contributed by atoms with E-state index in [0.29, 0.717) is 4.31 Å². The molecule has 0 N–H and O–H groups in total. The molecule has 1 aromatic heterocycles. The number of non-ortho nitro benzene ring substituents is 1. The van der Waals surface area contributed by atoms with E-state index in [4.69, 9.17) is 9.15 Å². The van der Waals surface area contributed by atoms with E-state index in [1.165, 1.54) is 67.8 Å². The number of carbonyl (C=O) groups is 2. The SMILES string of the molecule is COC(=O)c1c(C)oc2ccc(N(C(=O)c3cccc([N+](=O)[O-])c3)S(=O)(=O)c3ccccc3)cc12. The van der Waals surface area contributed by atoms with E-state index in [1.807, 2.05) is 0 Å². The Labute approximate surface area is 199 Å². The number of anilines is 1. The Morgan fingerprint density at radius 3 is 2.37 bits per heavy atom. The number of carbonyl (C=O) groups excluding carboxylic acids is 2. The van der Waals surface area contributed by atoms with Gasteiger partial charge in [0.2, 0.25) is 0 Å². The molecule has 0 aliphatic carbocycles. The number of nitrogens with zero attached hydrogens (tertiary/aromatic N) is 2. The van der Waals surface area contributed by atoms with Crippen LogP contribution in [0, 0.1) is 17.0 Å². The van der Waals surface area contributed by atoms with E-state index in [9.17, 15) is 28.1 Å². The van der Waals surface area contributed by atoms with Crippen molar-refractivity contribution in [3.8, 4) is 0 Å². The van der Waals surface area contributed by atoms with E-state index >= 15 is 0 Å². The van der Waals surface area contributed by atoms with Gasteiger partial charge in [0.25, 0.3) is 21.6 Å². The maximum Gasteiger partial charge on any atom is 0.342 e. The highest BCUT2D eigenvalue weighted by molar-refractivity contribution is 7.93. The fourth-order valence-corrected chi connectivity index (χ4v) is 5.05. The number of aryl methyl sites for hydroxylation is 1. The van der Waals surface area contributed by atoms with Crippen LogP contribution < -0.4 is 4.31 Å². The lowest BCUT2D eigenvalue weighted by Gasteiger charge is -2.23. The van der Waals surface area contributed by atoms with Gasteiger partial charge in [-0.1, -0.05) is 24.3 Å². The van der Waals surface area contributed by atoms with Gasteiger partial charge in [-0.3, -0.25) is 14.9 Å². The number of hydrogen-bond acceptors (Lipinski definition) is 8. The molecule has 0 aliphatic heterocycles. The van der Waals surface area contributed by atoms with Crippen LogP contribution in [0.5, 0.6) is 0 Å². The summed E-state index contributed by atoms with van der Waals surface area (Å²) in [6.45, 7) is 1.55. The number of ether oxygens (including phenoxy) is 1. The molecule has 0 fully saturated rings. The summed E-state index contributed by atoms with van der Waals surface area (Å²) in [5.41, 5.74) is -0.309. The number of hydrogen-bond donors (Lipinski definition) is 0. The second-order valence-electron chi connectivity index (χ2n) is 7.40. The van der Waals surface area contributed by atoms with Crippen LogP contribution in [0.3, 0.4) is 0 Å². The van der Waals surface area contributed by atoms with Gasteiger partial charge in [0, 0.05) is 23.1 Å². The van der Waals surface area contributed by atoms with Gasteiger partial charge in [-0.2, -0.15) is 4.31 Å². The Balaban J connectivity index is 1.96. The standard InChI is InChI=1S/C24H18N2O8S/c1-15-22(24(28)33-2)20-14-17(11-12-21(20)34-15)25(35(31,32)19-9-4-3-5-10-19)23(27)16-7-6-8-18(13-16)26(29)30/h3-14H,1-2H3. The predicted molar refractivity (Wildman–Crippen MR) is 126 cm³/mol. The predicted octanol–water partition coefficient (Wildman–Crippen LogP) is 4.47. The van der Waals surface area contributed by atoms with Crippen LogP contribution in [-0.2, 0) is 14.8 Å². The first-order valence-corrected chi connectivity index (χ1v) is 11.6. The molecule has 3 aromatic carbocycles. The van der Waals surface area contributed by atoms with Crippen LogP contribution in [0.1, 0.15) is 26.5 Å². The molecule has 4 rings (SSSR count). The van der Waals surface area contributed by atoms with Crippen molar-refractivity contribution in [3.05, 3.63) is 99.8 Å². The van der Waals surface area contributed by atoms with Crippen molar-refractivity contribution in [1.82, 2.24) is 0 Å². The third kappa shape index (κ3) is 4.24. The quantitative estimate of drug-likeness (QED) is 0.217. The highest BCUT2D eigenvalue weighted by atomic mass is 32.2. The highest BCUT2D eigenvalue weighted by Crippen LogP contribution is 2.33. The average Bonchev–Trinajstić information content (AvgIpc) is 3.19. The molecular weight excluding hydrogens is 476 g/mol. The van der Waals surface area contributed by atoms with Crippen molar-refractivity contribution in [2.75, 3.05) is 11.4 Å². The lowest BCUT2D eigenvalue weighted by molar-refractivity contribution is -0.384. The molecule has 1 amide bonds. The van der Waals surface area contributed by atoms with Gasteiger partial charge in [0.15, 0.2) is 0 Å². The fraction of sp³-hybridized carbons (Fsp3) is 0.0833. The maximum absolute atomic E-state index is 13.6. The number of methoxy groups -OCH3 is 1. The Kier molecular flexibility index (Phi) is 6.10. The zero-order valence-electron chi connectivity index (χ0n) is 18.5. The van der Waals surface area contributed by atoms with Crippen molar-refractivity contribution in [3.63, 3.8) is 0 Å². The lowest BCUT2D eigenvalue weighted by Crippen LogP contribution is -2.37. The largest absolute Gasteiger partial charge is 0.465 e. The molecule has 1 heterocycles. The molecule has 0 unspecified atom stereocenters. The average molecular weight is 494 g/mol. The molecule has 0 saturated carbocycles. The third-order valence-electron chi connectivity index (χ3n) is 5.24. The molecule has 11 heteroatoms. The number of nitro groups is 1. The lowest BCUT2D eigenvalue weighted by atomic mass is 10.1. The number of esters is 1. The van der Waals surface area contributed by atoms with E-state index in [2.05, 4.69) is 0 Å². The number of sulfonamides is 1. The van der Waals surface area contributed by atoms with Crippen LogP contribution >= 0.6 is 0 Å². The number of benzene rings is 3. The van der Waals surface area contributed by atoms with Crippen LogP contribution in [-0.4, -0.2) is 32.3 Å². The Bertz CT molecular complexity index is 1580. The molecule has 0 saturated heterocycles.